The number of carbonyl (C=O) groups is 2. The Hall–Kier alpha value is -3.04. The van der Waals surface area contributed by atoms with E-state index >= 15 is 0 Å². The molecule has 31 heavy (non-hydrogen) atoms. The Labute approximate surface area is 181 Å². The van der Waals surface area contributed by atoms with E-state index in [0.29, 0.717) is 5.56 Å². The summed E-state index contributed by atoms with van der Waals surface area (Å²) in [5, 5.41) is 0.501. The van der Waals surface area contributed by atoms with Crippen LogP contribution in [0.3, 0.4) is 0 Å². The molecule has 0 spiro atoms. The number of benzene rings is 2. The molecule has 2 aromatic carbocycles. The van der Waals surface area contributed by atoms with Crippen molar-refractivity contribution in [1.82, 2.24) is 0 Å². The molecule has 0 N–H and O–H groups in total. The Kier molecular flexibility index (Phi) is 7.70. The van der Waals surface area contributed by atoms with Gasteiger partial charge in [0.2, 0.25) is 0 Å². The summed E-state index contributed by atoms with van der Waals surface area (Å²) in [4.78, 5) is 23.8. The van der Waals surface area contributed by atoms with E-state index in [1.165, 1.54) is 39.2 Å². The van der Waals surface area contributed by atoms with Crippen molar-refractivity contribution < 1.29 is 31.2 Å². The molecule has 0 amide bonds. The normalized spacial score (nSPS) is 12.4. The zero-order chi connectivity index (χ0) is 23.2. The van der Waals surface area contributed by atoms with Crippen LogP contribution < -0.4 is 4.74 Å². The van der Waals surface area contributed by atoms with Gasteiger partial charge in [-0.15, -0.1) is 0 Å². The fourth-order valence-electron chi connectivity index (χ4n) is 2.77. The van der Waals surface area contributed by atoms with Crippen LogP contribution in [0.15, 0.2) is 53.3 Å². The number of ether oxygens (including phenoxy) is 1. The second kappa shape index (κ2) is 9.84. The topological polar surface area (TPSA) is 112 Å². The van der Waals surface area contributed by atoms with Crippen LogP contribution in [-0.2, 0) is 19.7 Å². The number of rotatable bonds is 9. The van der Waals surface area contributed by atoms with Crippen molar-refractivity contribution in [1.29, 1.82) is 0 Å². The lowest BCUT2D eigenvalue weighted by Crippen LogP contribution is -2.12. The second-order valence-electron chi connectivity index (χ2n) is 6.72. The number of methoxy groups -OCH3 is 1. The number of hydrogen-bond acceptors (Lipinski definition) is 7. The van der Waals surface area contributed by atoms with E-state index in [2.05, 4.69) is 0 Å². The van der Waals surface area contributed by atoms with Gasteiger partial charge in [-0.3, -0.25) is 9.59 Å². The summed E-state index contributed by atoms with van der Waals surface area (Å²) in [6, 6.07) is 11.4. The molecule has 0 heterocycles. The third kappa shape index (κ3) is 7.01. The molecule has 9 heteroatoms. The molecule has 2 rings (SSSR count). The summed E-state index contributed by atoms with van der Waals surface area (Å²) in [6.07, 6.45) is 2.48. The SMILES string of the molecule is COc1cc(/C=C/S(=O)(=O)CS(=O)(=O)/C=C/c2ccccc2)cc(C(C)=O)c1C(C)=O. The molecule has 0 atom stereocenters. The van der Waals surface area contributed by atoms with E-state index in [9.17, 15) is 26.4 Å². The highest BCUT2D eigenvalue weighted by atomic mass is 32.3. The van der Waals surface area contributed by atoms with Crippen molar-refractivity contribution in [2.45, 2.75) is 13.8 Å². The molecule has 2 aromatic rings. The summed E-state index contributed by atoms with van der Waals surface area (Å²) in [7, 11) is -6.85. The summed E-state index contributed by atoms with van der Waals surface area (Å²) in [6.45, 7) is 2.56. The smallest absolute Gasteiger partial charge is 0.186 e. The molecule has 0 radical (unpaired) electrons. The molecule has 0 unspecified atom stereocenters. The first kappa shape index (κ1) is 24.2. The van der Waals surface area contributed by atoms with Gasteiger partial charge in [-0.2, -0.15) is 0 Å². The third-order valence-electron chi connectivity index (χ3n) is 4.14. The van der Waals surface area contributed by atoms with Crippen LogP contribution in [0.2, 0.25) is 0 Å². The molecule has 0 aromatic heterocycles. The van der Waals surface area contributed by atoms with Crippen LogP contribution in [-0.4, -0.2) is 40.6 Å². The van der Waals surface area contributed by atoms with Gasteiger partial charge in [0, 0.05) is 16.4 Å². The molecule has 7 nitrogen and oxygen atoms in total. The van der Waals surface area contributed by atoms with E-state index in [4.69, 9.17) is 4.74 Å². The Bertz CT molecular complexity index is 1250. The Morgan fingerprint density at radius 3 is 1.87 bits per heavy atom. The quantitative estimate of drug-likeness (QED) is 0.524. The minimum absolute atomic E-state index is 0.0855. The van der Waals surface area contributed by atoms with E-state index < -0.39 is 30.5 Å². The monoisotopic (exact) mass is 462 g/mol. The first-order valence-electron chi connectivity index (χ1n) is 9.05. The predicted molar refractivity (Wildman–Crippen MR) is 120 cm³/mol. The Morgan fingerprint density at radius 2 is 1.39 bits per heavy atom. The second-order valence-corrected chi connectivity index (χ2v) is 10.9. The van der Waals surface area contributed by atoms with Crippen LogP contribution in [0.1, 0.15) is 45.7 Å². The standard InChI is InChI=1S/C22H22O7S2/c1-16(23)20-13-19(14-21(29-3)22(20)17(2)24)10-12-31(27,28)15-30(25,26)11-9-18-7-5-4-6-8-18/h4-14H,15H2,1-3H3/b11-9+,12-10+. The fraction of sp³-hybridized carbons (Fsp3) is 0.182. The average molecular weight is 463 g/mol. The molecule has 0 saturated heterocycles. The molecule has 0 aliphatic heterocycles. The van der Waals surface area contributed by atoms with Gasteiger partial charge >= 0.3 is 0 Å². The van der Waals surface area contributed by atoms with Gasteiger partial charge in [0.1, 0.15) is 5.75 Å². The maximum absolute atomic E-state index is 12.3. The van der Waals surface area contributed by atoms with Gasteiger partial charge in [-0.05, 0) is 49.3 Å². The molecule has 0 aliphatic carbocycles. The lowest BCUT2D eigenvalue weighted by atomic mass is 9.97. The van der Waals surface area contributed by atoms with Crippen LogP contribution in [0, 0.1) is 0 Å². The maximum atomic E-state index is 12.3. The van der Waals surface area contributed by atoms with Crippen molar-refractivity contribution >= 4 is 43.4 Å². The molecular formula is C22H22O7S2. The van der Waals surface area contributed by atoms with E-state index in [-0.39, 0.29) is 28.2 Å². The van der Waals surface area contributed by atoms with Gasteiger partial charge in [0.15, 0.2) is 36.3 Å². The molecule has 0 fully saturated rings. The molecule has 0 saturated carbocycles. The van der Waals surface area contributed by atoms with E-state index in [0.717, 1.165) is 16.9 Å². The molecular weight excluding hydrogens is 440 g/mol. The van der Waals surface area contributed by atoms with Crippen molar-refractivity contribution in [3.8, 4) is 5.75 Å². The zero-order valence-corrected chi connectivity index (χ0v) is 18.9. The Balaban J connectivity index is 2.31. The lowest BCUT2D eigenvalue weighted by molar-refractivity contribution is 0.0978. The van der Waals surface area contributed by atoms with Crippen molar-refractivity contribution in [2.75, 3.05) is 12.2 Å². The Morgan fingerprint density at radius 1 is 0.839 bits per heavy atom. The zero-order valence-electron chi connectivity index (χ0n) is 17.2. The summed E-state index contributed by atoms with van der Waals surface area (Å²) in [5.74, 6) is -0.646. The summed E-state index contributed by atoms with van der Waals surface area (Å²) >= 11 is 0. The molecule has 0 aliphatic rings. The molecule has 0 bridgehead atoms. The highest BCUT2D eigenvalue weighted by molar-refractivity contribution is 8.10. The highest BCUT2D eigenvalue weighted by Gasteiger charge is 2.20. The third-order valence-corrected chi connectivity index (χ3v) is 7.87. The number of ketones is 2. The minimum Gasteiger partial charge on any atom is -0.496 e. The predicted octanol–water partition coefficient (Wildman–Crippen LogP) is 3.53. The van der Waals surface area contributed by atoms with Crippen molar-refractivity contribution in [3.63, 3.8) is 0 Å². The van der Waals surface area contributed by atoms with Crippen molar-refractivity contribution in [2.24, 2.45) is 0 Å². The maximum Gasteiger partial charge on any atom is 0.186 e. The van der Waals surface area contributed by atoms with Crippen LogP contribution in [0.4, 0.5) is 0 Å². The lowest BCUT2D eigenvalue weighted by Gasteiger charge is -2.11. The largest absolute Gasteiger partial charge is 0.496 e. The van der Waals surface area contributed by atoms with Gasteiger partial charge in [0.25, 0.3) is 0 Å². The van der Waals surface area contributed by atoms with E-state index in [1.54, 1.807) is 30.3 Å². The first-order chi connectivity index (χ1) is 14.4. The van der Waals surface area contributed by atoms with Crippen LogP contribution >= 0.6 is 0 Å². The number of sulfone groups is 2. The number of hydrogen-bond donors (Lipinski definition) is 0. The summed E-state index contributed by atoms with van der Waals surface area (Å²) < 4.78 is 54.2. The molecule has 164 valence electrons. The van der Waals surface area contributed by atoms with Crippen LogP contribution in [0.25, 0.3) is 12.2 Å². The fourth-order valence-corrected chi connectivity index (χ4v) is 5.96. The number of Topliss-reactive ketones (excluding diaryl/α,β-unsaturated/α-hetero) is 2. The van der Waals surface area contributed by atoms with E-state index in [1.807, 2.05) is 0 Å². The average Bonchev–Trinajstić information content (AvgIpc) is 2.70. The van der Waals surface area contributed by atoms with Crippen LogP contribution in [0.5, 0.6) is 5.75 Å². The van der Waals surface area contributed by atoms with Gasteiger partial charge in [-0.25, -0.2) is 16.8 Å². The number of carbonyl (C=O) groups excluding carboxylic acids is 2. The van der Waals surface area contributed by atoms with Gasteiger partial charge in [0.05, 0.1) is 12.7 Å². The highest BCUT2D eigenvalue weighted by Crippen LogP contribution is 2.27. The first-order valence-corrected chi connectivity index (χ1v) is 12.5. The van der Waals surface area contributed by atoms with Gasteiger partial charge in [-0.1, -0.05) is 30.3 Å². The minimum atomic E-state index is -4.13. The van der Waals surface area contributed by atoms with Gasteiger partial charge < -0.3 is 4.74 Å². The summed E-state index contributed by atoms with van der Waals surface area (Å²) in [5.41, 5.74) is 1.08. The van der Waals surface area contributed by atoms with Crippen molar-refractivity contribution in [3.05, 3.63) is 75.5 Å².